The van der Waals surface area contributed by atoms with Crippen LogP contribution in [0.2, 0.25) is 0 Å². The van der Waals surface area contributed by atoms with Crippen molar-refractivity contribution >= 4 is 11.8 Å². The van der Waals surface area contributed by atoms with Crippen molar-refractivity contribution in [1.29, 1.82) is 0 Å². The molecule has 0 aliphatic rings. The molecule has 0 atom stereocenters. The van der Waals surface area contributed by atoms with Gasteiger partial charge in [0.1, 0.15) is 11.5 Å². The van der Waals surface area contributed by atoms with E-state index in [9.17, 15) is 14.4 Å². The largest absolute Gasteiger partial charge is 0.494 e. The number of ether oxygens (including phenoxy) is 4. The molecule has 0 bridgehead atoms. The first-order chi connectivity index (χ1) is 33.7. The molecular formula is C50H58N10O10. The average molecular weight is 959 g/mol. The molecule has 20 nitrogen and oxygen atoms in total. The second-order valence-corrected chi connectivity index (χ2v) is 16.4. The van der Waals surface area contributed by atoms with Crippen LogP contribution in [-0.4, -0.2) is 87.8 Å². The van der Waals surface area contributed by atoms with E-state index in [-0.39, 0.29) is 34.4 Å². The Hall–Kier alpha value is -8.42. The first-order valence-electron chi connectivity index (χ1n) is 22.5. The first kappa shape index (κ1) is 52.5. The highest BCUT2D eigenvalue weighted by molar-refractivity contribution is 5.96. The molecule has 0 fully saturated rings. The molecule has 2 aromatic carbocycles. The van der Waals surface area contributed by atoms with Crippen molar-refractivity contribution < 1.29 is 38.6 Å². The van der Waals surface area contributed by atoms with E-state index in [1.807, 2.05) is 69.3 Å². The number of aromatic carboxylic acids is 1. The Morgan fingerprint density at radius 1 is 0.686 bits per heavy atom. The molecular weight excluding hydrogens is 901 g/mol. The molecule has 0 unspecified atom stereocenters. The number of pyridine rings is 2. The van der Waals surface area contributed by atoms with Crippen molar-refractivity contribution in [3.63, 3.8) is 0 Å². The molecule has 20 heteroatoms. The van der Waals surface area contributed by atoms with E-state index in [2.05, 4.69) is 56.0 Å². The Bertz CT molecular complexity index is 2880. The molecule has 7 rings (SSSR count). The molecule has 5 heterocycles. The summed E-state index contributed by atoms with van der Waals surface area (Å²) in [7, 11) is 0. The van der Waals surface area contributed by atoms with Crippen LogP contribution in [0.3, 0.4) is 0 Å². The van der Waals surface area contributed by atoms with Gasteiger partial charge in [-0.05, 0) is 72.2 Å². The van der Waals surface area contributed by atoms with E-state index in [4.69, 9.17) is 39.5 Å². The van der Waals surface area contributed by atoms with Crippen LogP contribution in [0, 0.1) is 11.8 Å². The lowest BCUT2D eigenvalue weighted by atomic mass is 10.2. The fourth-order valence-corrected chi connectivity index (χ4v) is 5.89. The molecule has 0 radical (unpaired) electrons. The normalized spacial score (nSPS) is 11.0. The number of rotatable bonds is 20. The first-order valence-corrected chi connectivity index (χ1v) is 22.5. The summed E-state index contributed by atoms with van der Waals surface area (Å²) in [6, 6.07) is 21.9. The second kappa shape index (κ2) is 26.8. The standard InChI is InChI=1S/C25H27N5O4.C16H19N3O3.C9H12N2O3/c1-4-10-32-21-7-5-6-18(11-21)14-30-15-19(8-9-22(30)31)23-28-24(34-29-23)20-12-26-25(27-13-20)33-16-17(2)3;1-2-8-22-14-5-3-4-12(9-14)10-19-11-13(16(17)18-21)6-7-15(19)20;1-6(2)5-14-9-10-3-7(4-11-9)8(12)13/h5-9,11-13,15,17H,4,10,14,16H2,1-3H3;3-7,9,11,21H,2,8,10H2,1H3,(H2,17,18);3-4,6H,5H2,1-2H3,(H,12,13). The third-order valence-electron chi connectivity index (χ3n) is 9.34. The van der Waals surface area contributed by atoms with Gasteiger partial charge in [-0.3, -0.25) is 9.59 Å². The molecule has 5 aromatic heterocycles. The Morgan fingerprint density at radius 2 is 1.20 bits per heavy atom. The molecule has 0 spiro atoms. The zero-order chi connectivity index (χ0) is 50.4. The Morgan fingerprint density at radius 3 is 1.70 bits per heavy atom. The van der Waals surface area contributed by atoms with E-state index in [1.54, 1.807) is 35.4 Å². The van der Waals surface area contributed by atoms with Crippen LogP contribution in [0.4, 0.5) is 0 Å². The maximum Gasteiger partial charge on any atom is 0.338 e. The maximum atomic E-state index is 12.5. The monoisotopic (exact) mass is 958 g/mol. The van der Waals surface area contributed by atoms with Gasteiger partial charge in [-0.25, -0.2) is 24.7 Å². The zero-order valence-electron chi connectivity index (χ0n) is 40.0. The Balaban J connectivity index is 0.000000217. The summed E-state index contributed by atoms with van der Waals surface area (Å²) < 4.78 is 30.5. The highest BCUT2D eigenvalue weighted by Gasteiger charge is 2.14. The third kappa shape index (κ3) is 16.7. The minimum absolute atomic E-state index is 0.0335. The molecule has 7 aromatic rings. The number of nitrogens with two attached hydrogens (primary N) is 1. The highest BCUT2D eigenvalue weighted by atomic mass is 16.5. The summed E-state index contributed by atoms with van der Waals surface area (Å²) in [5, 5.41) is 24.3. The van der Waals surface area contributed by atoms with Gasteiger partial charge < -0.3 is 48.7 Å². The lowest BCUT2D eigenvalue weighted by Gasteiger charge is -2.10. The number of oxime groups is 1. The number of aromatic nitrogens is 8. The highest BCUT2D eigenvalue weighted by Crippen LogP contribution is 2.22. The summed E-state index contributed by atoms with van der Waals surface area (Å²) >= 11 is 0. The molecule has 0 saturated carbocycles. The van der Waals surface area contributed by atoms with Gasteiger partial charge in [-0.2, -0.15) is 4.98 Å². The van der Waals surface area contributed by atoms with Gasteiger partial charge in [0.2, 0.25) is 5.82 Å². The molecule has 0 saturated heterocycles. The number of benzene rings is 2. The smallest absolute Gasteiger partial charge is 0.338 e. The van der Waals surface area contributed by atoms with Crippen molar-refractivity contribution in [3.8, 4) is 46.4 Å². The van der Waals surface area contributed by atoms with E-state index < -0.39 is 5.97 Å². The van der Waals surface area contributed by atoms with Crippen molar-refractivity contribution in [2.75, 3.05) is 26.4 Å². The predicted molar refractivity (Wildman–Crippen MR) is 261 cm³/mol. The molecule has 70 heavy (non-hydrogen) atoms. The van der Waals surface area contributed by atoms with Gasteiger partial charge in [0, 0.05) is 60.4 Å². The molecule has 4 N–H and O–H groups in total. The lowest BCUT2D eigenvalue weighted by Crippen LogP contribution is -2.23. The number of carboxylic acid groups (broad SMARTS) is 1. The second-order valence-electron chi connectivity index (χ2n) is 16.4. The van der Waals surface area contributed by atoms with Gasteiger partial charge in [-0.15, -0.1) is 0 Å². The van der Waals surface area contributed by atoms with Crippen molar-refractivity contribution in [3.05, 3.63) is 153 Å². The minimum Gasteiger partial charge on any atom is -0.494 e. The fraction of sp³-hybridized carbons (Fsp3) is 0.320. The van der Waals surface area contributed by atoms with E-state index in [0.717, 1.165) is 35.5 Å². The van der Waals surface area contributed by atoms with Crippen LogP contribution in [-0.2, 0) is 13.1 Å². The fourth-order valence-electron chi connectivity index (χ4n) is 5.89. The number of nitrogens with zero attached hydrogens (tertiary/aromatic N) is 9. The van der Waals surface area contributed by atoms with Gasteiger partial charge in [0.25, 0.3) is 17.0 Å². The van der Waals surface area contributed by atoms with Crippen LogP contribution >= 0.6 is 0 Å². The van der Waals surface area contributed by atoms with Crippen LogP contribution in [0.25, 0.3) is 22.8 Å². The number of hydrogen-bond donors (Lipinski definition) is 3. The van der Waals surface area contributed by atoms with Gasteiger partial charge >= 0.3 is 18.0 Å². The molecule has 368 valence electrons. The number of carboxylic acids is 1. The summed E-state index contributed by atoms with van der Waals surface area (Å²) in [5.41, 5.74) is 8.94. The third-order valence-corrected chi connectivity index (χ3v) is 9.34. The van der Waals surface area contributed by atoms with Crippen molar-refractivity contribution in [1.82, 2.24) is 39.2 Å². The predicted octanol–water partition coefficient (Wildman–Crippen LogP) is 7.22. The van der Waals surface area contributed by atoms with E-state index in [0.29, 0.717) is 79.9 Å². The number of hydrogen-bond acceptors (Lipinski definition) is 16. The van der Waals surface area contributed by atoms with E-state index >= 15 is 0 Å². The molecule has 0 aliphatic carbocycles. The van der Waals surface area contributed by atoms with Gasteiger partial charge in [0.05, 0.1) is 50.6 Å². The minimum atomic E-state index is -1.04. The van der Waals surface area contributed by atoms with Crippen molar-refractivity contribution in [2.45, 2.75) is 67.5 Å². The van der Waals surface area contributed by atoms with Crippen LogP contribution in [0.15, 0.2) is 129 Å². The average Bonchev–Trinajstić information content (AvgIpc) is 3.86. The maximum absolute atomic E-state index is 12.5. The molecule has 0 aliphatic heterocycles. The topological polar surface area (TPSA) is 267 Å². The van der Waals surface area contributed by atoms with Crippen LogP contribution < -0.4 is 35.8 Å². The van der Waals surface area contributed by atoms with Crippen LogP contribution in [0.5, 0.6) is 23.5 Å². The van der Waals surface area contributed by atoms with Crippen molar-refractivity contribution in [2.24, 2.45) is 22.7 Å². The zero-order valence-corrected chi connectivity index (χ0v) is 40.0. The molecule has 0 amide bonds. The van der Waals surface area contributed by atoms with E-state index in [1.165, 1.54) is 35.2 Å². The Labute approximate surface area is 404 Å². The summed E-state index contributed by atoms with van der Waals surface area (Å²) in [5.74, 6) is 1.90. The Kier molecular flexibility index (Phi) is 20.1. The summed E-state index contributed by atoms with van der Waals surface area (Å²) in [6.45, 7) is 15.4. The summed E-state index contributed by atoms with van der Waals surface area (Å²) in [6.07, 6.45) is 10.8. The van der Waals surface area contributed by atoms with Gasteiger partial charge in [-0.1, -0.05) is 76.1 Å². The lowest BCUT2D eigenvalue weighted by molar-refractivity contribution is 0.0695. The quantitative estimate of drug-likeness (QED) is 0.0294. The summed E-state index contributed by atoms with van der Waals surface area (Å²) in [4.78, 5) is 55.2. The number of carbonyl (C=O) groups is 1. The van der Waals surface area contributed by atoms with Gasteiger partial charge in [0.15, 0.2) is 5.84 Å². The van der Waals surface area contributed by atoms with Crippen LogP contribution in [0.1, 0.15) is 81.4 Å². The number of amidine groups is 1. The SMILES string of the molecule is CC(C)COc1ncc(C(=O)O)cn1.CCCOc1cccc(Cn2cc(-c3noc(-c4cnc(OCC(C)C)nc4)n3)ccc2=O)c1.CCCOc1cccc(Cn2cc(/C(N)=N/O)ccc2=O)c1.